The van der Waals surface area contributed by atoms with E-state index in [0.29, 0.717) is 12.3 Å². The molecule has 1 aliphatic rings. The molecular weight excluding hydrogens is 272 g/mol. The highest BCUT2D eigenvalue weighted by Crippen LogP contribution is 2.26. The van der Waals surface area contributed by atoms with Crippen LogP contribution in [0.2, 0.25) is 0 Å². The van der Waals surface area contributed by atoms with Crippen molar-refractivity contribution in [2.24, 2.45) is 5.92 Å². The SMILES string of the molecule is CCC1CN(Cc2cc(OC)cc([N+](=O)[O-])c2)CCC1O. The van der Waals surface area contributed by atoms with Gasteiger partial charge in [0.2, 0.25) is 0 Å². The summed E-state index contributed by atoms with van der Waals surface area (Å²) in [6.45, 7) is 4.35. The van der Waals surface area contributed by atoms with E-state index in [1.165, 1.54) is 13.2 Å². The van der Waals surface area contributed by atoms with Crippen LogP contribution in [0.4, 0.5) is 5.69 Å². The average Bonchev–Trinajstić information content (AvgIpc) is 2.48. The zero-order valence-electron chi connectivity index (χ0n) is 12.5. The van der Waals surface area contributed by atoms with Crippen molar-refractivity contribution in [1.29, 1.82) is 0 Å². The third-order valence-electron chi connectivity index (χ3n) is 4.11. The van der Waals surface area contributed by atoms with Gasteiger partial charge in [0.05, 0.1) is 24.2 Å². The molecule has 1 heterocycles. The van der Waals surface area contributed by atoms with E-state index in [-0.39, 0.29) is 17.7 Å². The van der Waals surface area contributed by atoms with Crippen molar-refractivity contribution in [2.75, 3.05) is 20.2 Å². The van der Waals surface area contributed by atoms with Gasteiger partial charge in [-0.2, -0.15) is 0 Å². The summed E-state index contributed by atoms with van der Waals surface area (Å²) in [7, 11) is 1.51. The largest absolute Gasteiger partial charge is 0.496 e. The zero-order valence-corrected chi connectivity index (χ0v) is 12.5. The van der Waals surface area contributed by atoms with E-state index in [1.54, 1.807) is 6.07 Å². The van der Waals surface area contributed by atoms with Crippen LogP contribution >= 0.6 is 0 Å². The van der Waals surface area contributed by atoms with Gasteiger partial charge >= 0.3 is 0 Å². The molecule has 1 N–H and O–H groups in total. The summed E-state index contributed by atoms with van der Waals surface area (Å²) < 4.78 is 5.13. The molecule has 1 aromatic rings. The Bertz CT molecular complexity index is 506. The summed E-state index contributed by atoms with van der Waals surface area (Å²) in [6.07, 6.45) is 1.46. The predicted molar refractivity (Wildman–Crippen MR) is 79.3 cm³/mol. The van der Waals surface area contributed by atoms with Crippen molar-refractivity contribution in [3.8, 4) is 5.75 Å². The fourth-order valence-electron chi connectivity index (χ4n) is 2.86. The fourth-order valence-corrected chi connectivity index (χ4v) is 2.86. The third kappa shape index (κ3) is 3.92. The standard InChI is InChI=1S/C15H22N2O4/c1-3-12-10-16(5-4-15(12)18)9-11-6-13(17(19)20)8-14(7-11)21-2/h6-8,12,15,18H,3-5,9-10H2,1-2H3. The Morgan fingerprint density at radius 2 is 2.24 bits per heavy atom. The number of likely N-dealkylation sites (tertiary alicyclic amines) is 1. The minimum Gasteiger partial charge on any atom is -0.496 e. The van der Waals surface area contributed by atoms with Crippen LogP contribution < -0.4 is 4.74 Å². The molecule has 1 aromatic carbocycles. The first-order valence-electron chi connectivity index (χ1n) is 7.26. The summed E-state index contributed by atoms with van der Waals surface area (Å²) in [6, 6.07) is 4.85. The number of rotatable bonds is 5. The Morgan fingerprint density at radius 1 is 1.48 bits per heavy atom. The molecule has 0 radical (unpaired) electrons. The Kier molecular flexibility index (Phi) is 5.14. The third-order valence-corrected chi connectivity index (χ3v) is 4.11. The van der Waals surface area contributed by atoms with Crippen LogP contribution in [0.3, 0.4) is 0 Å². The van der Waals surface area contributed by atoms with Crippen LogP contribution in [0.25, 0.3) is 0 Å². The van der Waals surface area contributed by atoms with Gasteiger partial charge in [0.25, 0.3) is 5.69 Å². The minimum absolute atomic E-state index is 0.0495. The predicted octanol–water partition coefficient (Wildman–Crippen LogP) is 2.20. The van der Waals surface area contributed by atoms with Crippen molar-refractivity contribution >= 4 is 5.69 Å². The molecule has 1 saturated heterocycles. The Balaban J connectivity index is 2.12. The van der Waals surface area contributed by atoms with Crippen molar-refractivity contribution < 1.29 is 14.8 Å². The maximum atomic E-state index is 11.0. The van der Waals surface area contributed by atoms with Crippen molar-refractivity contribution in [3.05, 3.63) is 33.9 Å². The van der Waals surface area contributed by atoms with Gasteiger partial charge in [0, 0.05) is 25.7 Å². The summed E-state index contributed by atoms with van der Waals surface area (Å²) in [4.78, 5) is 12.8. The Hall–Kier alpha value is -1.66. The van der Waals surface area contributed by atoms with Gasteiger partial charge in [-0.05, 0) is 30.4 Å². The Labute approximate surface area is 124 Å². The second-order valence-corrected chi connectivity index (χ2v) is 5.56. The van der Waals surface area contributed by atoms with E-state index in [4.69, 9.17) is 4.74 Å². The topological polar surface area (TPSA) is 75.8 Å². The molecule has 0 bridgehead atoms. The molecular formula is C15H22N2O4. The van der Waals surface area contributed by atoms with E-state index in [1.807, 2.05) is 6.07 Å². The van der Waals surface area contributed by atoms with E-state index < -0.39 is 4.92 Å². The number of ether oxygens (including phenoxy) is 1. The molecule has 0 amide bonds. The normalized spacial score (nSPS) is 23.0. The first kappa shape index (κ1) is 15.7. The number of non-ortho nitro benzene ring substituents is 1. The highest BCUT2D eigenvalue weighted by atomic mass is 16.6. The quantitative estimate of drug-likeness (QED) is 0.665. The molecule has 2 unspecified atom stereocenters. The first-order valence-corrected chi connectivity index (χ1v) is 7.26. The number of aliphatic hydroxyl groups excluding tert-OH is 1. The summed E-state index contributed by atoms with van der Waals surface area (Å²) in [5.41, 5.74) is 0.917. The van der Waals surface area contributed by atoms with Gasteiger partial charge in [0.1, 0.15) is 5.75 Å². The van der Waals surface area contributed by atoms with Crippen LogP contribution in [0, 0.1) is 16.0 Å². The first-order chi connectivity index (χ1) is 10.0. The monoisotopic (exact) mass is 294 g/mol. The number of methoxy groups -OCH3 is 1. The second-order valence-electron chi connectivity index (χ2n) is 5.56. The van der Waals surface area contributed by atoms with Crippen LogP contribution in [-0.4, -0.2) is 41.2 Å². The lowest BCUT2D eigenvalue weighted by Gasteiger charge is -2.35. The van der Waals surface area contributed by atoms with E-state index in [0.717, 1.165) is 31.5 Å². The smallest absolute Gasteiger partial charge is 0.273 e. The van der Waals surface area contributed by atoms with Gasteiger partial charge in [-0.3, -0.25) is 15.0 Å². The molecule has 1 fully saturated rings. The van der Waals surface area contributed by atoms with E-state index in [2.05, 4.69) is 11.8 Å². The van der Waals surface area contributed by atoms with Crippen LogP contribution in [-0.2, 0) is 6.54 Å². The summed E-state index contributed by atoms with van der Waals surface area (Å²) in [5.74, 6) is 0.780. The second kappa shape index (κ2) is 6.87. The number of nitro groups is 1. The van der Waals surface area contributed by atoms with Crippen molar-refractivity contribution in [3.63, 3.8) is 0 Å². The molecule has 6 heteroatoms. The summed E-state index contributed by atoms with van der Waals surface area (Å²) in [5, 5.41) is 20.9. The molecule has 1 aliphatic heterocycles. The zero-order chi connectivity index (χ0) is 15.4. The maximum absolute atomic E-state index is 11.0. The lowest BCUT2D eigenvalue weighted by molar-refractivity contribution is -0.385. The molecule has 2 atom stereocenters. The molecule has 0 aromatic heterocycles. The lowest BCUT2D eigenvalue weighted by atomic mass is 9.92. The molecule has 116 valence electrons. The highest BCUT2D eigenvalue weighted by Gasteiger charge is 2.26. The van der Waals surface area contributed by atoms with Crippen molar-refractivity contribution in [1.82, 2.24) is 4.90 Å². The highest BCUT2D eigenvalue weighted by molar-refractivity contribution is 5.42. The number of hydrogen-bond donors (Lipinski definition) is 1. The molecule has 21 heavy (non-hydrogen) atoms. The molecule has 2 rings (SSSR count). The molecule has 0 aliphatic carbocycles. The average molecular weight is 294 g/mol. The van der Waals surface area contributed by atoms with Gasteiger partial charge in [0.15, 0.2) is 0 Å². The maximum Gasteiger partial charge on any atom is 0.273 e. The van der Waals surface area contributed by atoms with Crippen molar-refractivity contribution in [2.45, 2.75) is 32.4 Å². The summed E-state index contributed by atoms with van der Waals surface area (Å²) >= 11 is 0. The molecule has 0 saturated carbocycles. The van der Waals surface area contributed by atoms with Gasteiger partial charge in [-0.25, -0.2) is 0 Å². The fraction of sp³-hybridized carbons (Fsp3) is 0.600. The number of piperidine rings is 1. The number of hydrogen-bond acceptors (Lipinski definition) is 5. The van der Waals surface area contributed by atoms with Gasteiger partial charge in [-0.15, -0.1) is 0 Å². The van der Waals surface area contributed by atoms with Crippen LogP contribution in [0.1, 0.15) is 25.3 Å². The number of aliphatic hydroxyl groups is 1. The van der Waals surface area contributed by atoms with E-state index >= 15 is 0 Å². The number of benzene rings is 1. The van der Waals surface area contributed by atoms with Gasteiger partial charge in [-0.1, -0.05) is 6.92 Å². The van der Waals surface area contributed by atoms with E-state index in [9.17, 15) is 15.2 Å². The molecule has 0 spiro atoms. The van der Waals surface area contributed by atoms with Gasteiger partial charge < -0.3 is 9.84 Å². The van der Waals surface area contributed by atoms with Crippen LogP contribution in [0.15, 0.2) is 18.2 Å². The number of nitro benzene ring substituents is 1. The minimum atomic E-state index is -0.402. The lowest BCUT2D eigenvalue weighted by Crippen LogP contribution is -2.42. The molecule has 6 nitrogen and oxygen atoms in total. The van der Waals surface area contributed by atoms with Crippen LogP contribution in [0.5, 0.6) is 5.75 Å². The Morgan fingerprint density at radius 3 is 2.86 bits per heavy atom. The number of nitrogens with zero attached hydrogens (tertiary/aromatic N) is 2.